The Balaban J connectivity index is 5.97. The van der Waals surface area contributed by atoms with Gasteiger partial charge in [0.15, 0.2) is 0 Å². The van der Waals surface area contributed by atoms with Crippen LogP contribution in [0, 0.1) is 0 Å². The zero-order valence-corrected chi connectivity index (χ0v) is 26.9. The van der Waals surface area contributed by atoms with E-state index in [0.717, 1.165) is 0 Å². The first-order valence-corrected chi connectivity index (χ1v) is 19.3. The summed E-state index contributed by atoms with van der Waals surface area (Å²) in [4.78, 5) is 0. The van der Waals surface area contributed by atoms with Gasteiger partial charge in [0.05, 0.1) is 0 Å². The van der Waals surface area contributed by atoms with Crippen molar-refractivity contribution in [1.29, 1.82) is 0 Å². The third-order valence-corrected chi connectivity index (χ3v) is 16.3. The van der Waals surface area contributed by atoms with E-state index >= 15 is 0 Å². The van der Waals surface area contributed by atoms with Crippen molar-refractivity contribution in [3.8, 4) is 0 Å². The minimum absolute atomic E-state index is 0.129. The average Bonchev–Trinajstić information content (AvgIpc) is 2.74. The molecule has 0 aliphatic carbocycles. The molecule has 0 aromatic heterocycles. The Morgan fingerprint density at radius 2 is 0.647 bits per heavy atom. The molecule has 0 radical (unpaired) electrons. The van der Waals surface area contributed by atoms with Crippen molar-refractivity contribution >= 4 is 44.3 Å². The van der Waals surface area contributed by atoms with Crippen LogP contribution in [0.4, 0.5) is 0 Å². The van der Waals surface area contributed by atoms with Gasteiger partial charge in [-0.15, -0.1) is 0 Å². The summed E-state index contributed by atoms with van der Waals surface area (Å²) >= 11 is -3.91. The molecule has 206 valence electrons. The molecule has 0 saturated carbocycles. The zero-order chi connectivity index (χ0) is 26.4. The van der Waals surface area contributed by atoms with Crippen LogP contribution in [0.15, 0.2) is 0 Å². The Hall–Kier alpha value is 1.15. The average molecular weight is 665 g/mol. The normalized spacial score (nSPS) is 16.1. The second kappa shape index (κ2) is 17.6. The SMILES string of the molecule is CCOP(=O)(OCC)C(C)[O][Sb]([O]C(C)P(=O)(OCC)OCC)[O]C(C)P(=O)(OCC)OCC. The molecule has 0 N–H and O–H groups in total. The predicted molar refractivity (Wildman–Crippen MR) is 130 cm³/mol. The summed E-state index contributed by atoms with van der Waals surface area (Å²) in [5.74, 6) is -3.23. The molecule has 16 heteroatoms. The Kier molecular flexibility index (Phi) is 18.2. The summed E-state index contributed by atoms with van der Waals surface area (Å²) in [6, 6.07) is 0. The maximum atomic E-state index is 13.2. The molecule has 0 aromatic rings. The standard InChI is InChI=1S/3C6H14O4P.Sb/c3*1-4-9-11(8,6(3)7)10-5-2;/h3*6H,4-5H2,1-3H3;/q3*-1;+3. The zero-order valence-electron chi connectivity index (χ0n) is 21.7. The van der Waals surface area contributed by atoms with Gasteiger partial charge >= 0.3 is 214 Å². The molecule has 12 nitrogen and oxygen atoms in total. The van der Waals surface area contributed by atoms with Crippen LogP contribution in [0.2, 0.25) is 0 Å². The molecule has 3 atom stereocenters. The second-order valence-corrected chi connectivity index (χ2v) is 16.5. The first-order valence-electron chi connectivity index (χ1n) is 11.4. The van der Waals surface area contributed by atoms with Gasteiger partial charge in [-0.3, -0.25) is 0 Å². The summed E-state index contributed by atoms with van der Waals surface area (Å²) in [5.41, 5.74) is 0. The maximum absolute atomic E-state index is 13.2. The van der Waals surface area contributed by atoms with E-state index < -0.39 is 61.8 Å². The van der Waals surface area contributed by atoms with E-state index in [2.05, 4.69) is 0 Å². The Morgan fingerprint density at radius 3 is 0.794 bits per heavy atom. The van der Waals surface area contributed by atoms with Crippen LogP contribution in [0.1, 0.15) is 62.3 Å². The fraction of sp³-hybridized carbons (Fsp3) is 1.00. The minimum atomic E-state index is -3.91. The number of rotatable bonds is 21. The fourth-order valence-corrected chi connectivity index (χ4v) is 13.5. The molecule has 0 heterocycles. The molecule has 3 unspecified atom stereocenters. The van der Waals surface area contributed by atoms with E-state index in [1.807, 2.05) is 0 Å². The molecular formula is C18H42O12P3Sb. The van der Waals surface area contributed by atoms with Gasteiger partial charge in [0.2, 0.25) is 0 Å². The second-order valence-electron chi connectivity index (χ2n) is 6.46. The van der Waals surface area contributed by atoms with Crippen molar-refractivity contribution in [2.24, 2.45) is 0 Å². The Bertz CT molecular complexity index is 577. The number of hydrogen-bond donors (Lipinski definition) is 0. The topological polar surface area (TPSA) is 134 Å². The van der Waals surface area contributed by atoms with Gasteiger partial charge in [0, 0.05) is 0 Å². The van der Waals surface area contributed by atoms with Gasteiger partial charge in [-0.05, 0) is 0 Å². The van der Waals surface area contributed by atoms with Crippen molar-refractivity contribution in [1.82, 2.24) is 0 Å². The van der Waals surface area contributed by atoms with E-state index in [1.165, 1.54) is 20.8 Å². The number of hydrogen-bond acceptors (Lipinski definition) is 12. The van der Waals surface area contributed by atoms with Crippen molar-refractivity contribution in [2.45, 2.75) is 79.8 Å². The van der Waals surface area contributed by atoms with Gasteiger partial charge in [0.1, 0.15) is 0 Å². The van der Waals surface area contributed by atoms with Gasteiger partial charge in [-0.25, -0.2) is 0 Å². The van der Waals surface area contributed by atoms with E-state index in [4.69, 9.17) is 36.2 Å². The molecule has 0 bridgehead atoms. The third kappa shape index (κ3) is 11.3. The first kappa shape index (κ1) is 35.1. The fourth-order valence-electron chi connectivity index (χ4n) is 2.44. The first-order chi connectivity index (χ1) is 15.9. The van der Waals surface area contributed by atoms with E-state index in [9.17, 15) is 13.7 Å². The van der Waals surface area contributed by atoms with Crippen LogP contribution < -0.4 is 0 Å². The Morgan fingerprint density at radius 1 is 0.471 bits per heavy atom. The van der Waals surface area contributed by atoms with E-state index in [1.54, 1.807) is 41.5 Å². The Labute approximate surface area is 213 Å². The molecular weight excluding hydrogens is 623 g/mol. The van der Waals surface area contributed by atoms with Crippen molar-refractivity contribution in [3.05, 3.63) is 0 Å². The quantitative estimate of drug-likeness (QED) is 0.107. The predicted octanol–water partition coefficient (Wildman–Crippen LogP) is 5.86. The van der Waals surface area contributed by atoms with Gasteiger partial charge < -0.3 is 0 Å². The molecule has 0 aliphatic heterocycles. The molecule has 0 saturated heterocycles. The summed E-state index contributed by atoms with van der Waals surface area (Å²) in [6.45, 7) is 15.3. The molecule has 0 fully saturated rings. The molecule has 0 aliphatic rings. The summed E-state index contributed by atoms with van der Waals surface area (Å²) in [5, 5.41) is 0. The summed E-state index contributed by atoms with van der Waals surface area (Å²) in [7, 11) is -11.0. The van der Waals surface area contributed by atoms with Crippen LogP contribution >= 0.6 is 22.8 Å². The monoisotopic (exact) mass is 664 g/mol. The van der Waals surface area contributed by atoms with E-state index in [0.29, 0.717) is 0 Å². The van der Waals surface area contributed by atoms with Crippen LogP contribution in [0.5, 0.6) is 0 Å². The van der Waals surface area contributed by atoms with Crippen molar-refractivity contribution < 1.29 is 49.9 Å². The van der Waals surface area contributed by atoms with Gasteiger partial charge in [0.25, 0.3) is 0 Å². The van der Waals surface area contributed by atoms with Crippen LogP contribution in [0.25, 0.3) is 0 Å². The molecule has 0 aromatic carbocycles. The molecule has 0 spiro atoms. The molecule has 34 heavy (non-hydrogen) atoms. The summed E-state index contributed by atoms with van der Waals surface area (Å²) in [6.07, 6.45) is 0. The van der Waals surface area contributed by atoms with Gasteiger partial charge in [-0.1, -0.05) is 0 Å². The molecule has 0 rings (SSSR count). The summed E-state index contributed by atoms with van der Waals surface area (Å²) < 4.78 is 89.4. The van der Waals surface area contributed by atoms with Crippen LogP contribution in [0.3, 0.4) is 0 Å². The molecule has 0 amide bonds. The van der Waals surface area contributed by atoms with E-state index in [-0.39, 0.29) is 39.6 Å². The third-order valence-electron chi connectivity index (χ3n) is 3.91. The van der Waals surface area contributed by atoms with Crippen LogP contribution in [-0.2, 0) is 49.9 Å². The van der Waals surface area contributed by atoms with Crippen molar-refractivity contribution in [3.63, 3.8) is 0 Å². The van der Waals surface area contributed by atoms with Gasteiger partial charge in [-0.2, -0.15) is 0 Å². The van der Waals surface area contributed by atoms with Crippen LogP contribution in [-0.4, -0.2) is 78.6 Å². The van der Waals surface area contributed by atoms with Crippen molar-refractivity contribution in [2.75, 3.05) is 39.6 Å².